The second-order valence-corrected chi connectivity index (χ2v) is 5.44. The minimum Gasteiger partial charge on any atom is -0.360 e. The third-order valence-electron chi connectivity index (χ3n) is 3.94. The van der Waals surface area contributed by atoms with Crippen LogP contribution in [0.5, 0.6) is 0 Å². The average Bonchev–Trinajstić information content (AvgIpc) is 2.97. The number of para-hydroxylation sites is 1. The van der Waals surface area contributed by atoms with Gasteiger partial charge in [-0.05, 0) is 31.2 Å². The minimum atomic E-state index is 0.600. The predicted octanol–water partition coefficient (Wildman–Crippen LogP) is 4.56. The maximum atomic E-state index is 9.52. The Morgan fingerprint density at radius 3 is 2.82 bits per heavy atom. The number of benzene rings is 2. The second kappa shape index (κ2) is 4.71. The summed E-state index contributed by atoms with van der Waals surface area (Å²) < 4.78 is 0. The van der Waals surface area contributed by atoms with Crippen LogP contribution < -0.4 is 0 Å². The van der Waals surface area contributed by atoms with Gasteiger partial charge in [0.05, 0.1) is 16.8 Å². The van der Waals surface area contributed by atoms with Crippen LogP contribution in [0.1, 0.15) is 11.1 Å². The zero-order valence-electron chi connectivity index (χ0n) is 12.1. The molecular weight excluding hydrogens is 270 g/mol. The zero-order valence-corrected chi connectivity index (χ0v) is 12.1. The molecule has 22 heavy (non-hydrogen) atoms. The van der Waals surface area contributed by atoms with E-state index in [1.54, 1.807) is 0 Å². The monoisotopic (exact) mass is 283 g/mol. The largest absolute Gasteiger partial charge is 0.360 e. The number of fused-ring (bicyclic) bond motifs is 2. The Bertz CT molecular complexity index is 1050. The van der Waals surface area contributed by atoms with Crippen molar-refractivity contribution in [3.8, 4) is 17.3 Å². The van der Waals surface area contributed by atoms with Gasteiger partial charge < -0.3 is 4.98 Å². The Labute approximate surface area is 127 Å². The number of pyridine rings is 1. The zero-order chi connectivity index (χ0) is 15.1. The summed E-state index contributed by atoms with van der Waals surface area (Å²) in [6.45, 7) is 2.04. The van der Waals surface area contributed by atoms with E-state index in [-0.39, 0.29) is 0 Å². The van der Waals surface area contributed by atoms with E-state index in [9.17, 15) is 5.26 Å². The molecule has 1 N–H and O–H groups in total. The van der Waals surface area contributed by atoms with Gasteiger partial charge in [0.25, 0.3) is 0 Å². The average molecular weight is 283 g/mol. The SMILES string of the molecule is Cc1ccc2nc(-c3c[nH]c4ccccc34)c(C#N)cc2c1. The fraction of sp³-hybridized carbons (Fsp3) is 0.0526. The molecule has 0 aliphatic heterocycles. The van der Waals surface area contributed by atoms with Crippen LogP contribution in [0.25, 0.3) is 33.1 Å². The lowest BCUT2D eigenvalue weighted by atomic mass is 10.0. The second-order valence-electron chi connectivity index (χ2n) is 5.44. The Morgan fingerprint density at radius 2 is 1.95 bits per heavy atom. The van der Waals surface area contributed by atoms with Crippen molar-refractivity contribution in [1.29, 1.82) is 5.26 Å². The Morgan fingerprint density at radius 1 is 1.09 bits per heavy atom. The van der Waals surface area contributed by atoms with Gasteiger partial charge in [-0.25, -0.2) is 4.98 Å². The van der Waals surface area contributed by atoms with Gasteiger partial charge in [0.2, 0.25) is 0 Å². The third-order valence-corrected chi connectivity index (χ3v) is 3.94. The summed E-state index contributed by atoms with van der Waals surface area (Å²) in [7, 11) is 0. The molecule has 2 aromatic carbocycles. The van der Waals surface area contributed by atoms with E-state index >= 15 is 0 Å². The van der Waals surface area contributed by atoms with Gasteiger partial charge >= 0.3 is 0 Å². The summed E-state index contributed by atoms with van der Waals surface area (Å²) in [4.78, 5) is 7.98. The summed E-state index contributed by atoms with van der Waals surface area (Å²) in [6, 6.07) is 18.4. The molecule has 0 bridgehead atoms. The van der Waals surface area contributed by atoms with Crippen molar-refractivity contribution in [2.75, 3.05) is 0 Å². The number of aryl methyl sites for hydroxylation is 1. The van der Waals surface area contributed by atoms with E-state index in [1.165, 1.54) is 0 Å². The molecule has 4 rings (SSSR count). The number of aromatic amines is 1. The van der Waals surface area contributed by atoms with E-state index in [4.69, 9.17) is 4.98 Å². The molecule has 0 amide bonds. The summed E-state index contributed by atoms with van der Waals surface area (Å²) in [5.74, 6) is 0. The number of rotatable bonds is 1. The molecule has 0 unspecified atom stereocenters. The van der Waals surface area contributed by atoms with Gasteiger partial charge in [0.15, 0.2) is 0 Å². The van der Waals surface area contributed by atoms with Gasteiger partial charge in [-0.1, -0.05) is 29.8 Å². The van der Waals surface area contributed by atoms with Crippen LogP contribution >= 0.6 is 0 Å². The van der Waals surface area contributed by atoms with Crippen LogP contribution in [0.4, 0.5) is 0 Å². The molecule has 0 spiro atoms. The molecule has 0 radical (unpaired) electrons. The first-order valence-corrected chi connectivity index (χ1v) is 7.14. The van der Waals surface area contributed by atoms with E-state index in [0.29, 0.717) is 5.56 Å². The first-order chi connectivity index (χ1) is 10.8. The third kappa shape index (κ3) is 1.86. The highest BCUT2D eigenvalue weighted by Gasteiger charge is 2.13. The standard InChI is InChI=1S/C19H13N3/c1-12-6-7-17-13(8-12)9-14(10-20)19(22-17)16-11-21-18-5-3-2-4-15(16)18/h2-9,11,21H,1H3. The molecule has 2 aromatic heterocycles. The van der Waals surface area contributed by atoms with Crippen LogP contribution in [-0.4, -0.2) is 9.97 Å². The highest BCUT2D eigenvalue weighted by Crippen LogP contribution is 2.31. The van der Waals surface area contributed by atoms with Gasteiger partial charge in [0.1, 0.15) is 6.07 Å². The molecule has 0 atom stereocenters. The van der Waals surface area contributed by atoms with Gasteiger partial charge in [-0.15, -0.1) is 0 Å². The molecule has 3 nitrogen and oxygen atoms in total. The molecule has 0 fully saturated rings. The molecule has 0 saturated heterocycles. The number of aromatic nitrogens is 2. The minimum absolute atomic E-state index is 0.600. The maximum absolute atomic E-state index is 9.52. The lowest BCUT2D eigenvalue weighted by Crippen LogP contribution is -1.91. The lowest BCUT2D eigenvalue weighted by molar-refractivity contribution is 1.35. The van der Waals surface area contributed by atoms with Crippen LogP contribution in [0, 0.1) is 18.3 Å². The van der Waals surface area contributed by atoms with Gasteiger partial charge in [0, 0.05) is 28.0 Å². The first kappa shape index (κ1) is 12.6. The highest BCUT2D eigenvalue weighted by atomic mass is 14.7. The van der Waals surface area contributed by atoms with Crippen molar-refractivity contribution in [2.24, 2.45) is 0 Å². The number of hydrogen-bond acceptors (Lipinski definition) is 2. The van der Waals surface area contributed by atoms with Crippen molar-refractivity contribution in [3.05, 3.63) is 65.9 Å². The number of H-pyrrole nitrogens is 1. The van der Waals surface area contributed by atoms with E-state index < -0.39 is 0 Å². The highest BCUT2D eigenvalue weighted by molar-refractivity contribution is 5.97. The molecular formula is C19H13N3. The molecule has 0 saturated carbocycles. The number of nitriles is 1. The van der Waals surface area contributed by atoms with Crippen LogP contribution in [0.3, 0.4) is 0 Å². The van der Waals surface area contributed by atoms with Crippen LogP contribution in [0.15, 0.2) is 54.7 Å². The first-order valence-electron chi connectivity index (χ1n) is 7.14. The van der Waals surface area contributed by atoms with E-state index in [2.05, 4.69) is 17.1 Å². The van der Waals surface area contributed by atoms with Gasteiger partial charge in [-0.2, -0.15) is 5.26 Å². The van der Waals surface area contributed by atoms with Crippen molar-refractivity contribution < 1.29 is 0 Å². The smallest absolute Gasteiger partial charge is 0.101 e. The number of hydrogen-bond donors (Lipinski definition) is 1. The normalized spacial score (nSPS) is 10.9. The quantitative estimate of drug-likeness (QED) is 0.556. The Kier molecular flexibility index (Phi) is 2.70. The number of nitrogens with zero attached hydrogens (tertiary/aromatic N) is 2. The van der Waals surface area contributed by atoms with Crippen molar-refractivity contribution in [3.63, 3.8) is 0 Å². The Balaban J connectivity index is 2.06. The van der Waals surface area contributed by atoms with Crippen molar-refractivity contribution in [1.82, 2.24) is 9.97 Å². The van der Waals surface area contributed by atoms with E-state index in [0.717, 1.165) is 38.6 Å². The predicted molar refractivity (Wildman–Crippen MR) is 88.5 cm³/mol. The van der Waals surface area contributed by atoms with Crippen molar-refractivity contribution in [2.45, 2.75) is 6.92 Å². The summed E-state index contributed by atoms with van der Waals surface area (Å²) >= 11 is 0. The summed E-state index contributed by atoms with van der Waals surface area (Å²) in [6.07, 6.45) is 1.92. The van der Waals surface area contributed by atoms with Crippen molar-refractivity contribution >= 4 is 21.8 Å². The maximum Gasteiger partial charge on any atom is 0.101 e. The molecule has 2 heterocycles. The van der Waals surface area contributed by atoms with E-state index in [1.807, 2.05) is 55.6 Å². The number of nitrogens with one attached hydrogen (secondary N) is 1. The molecule has 3 heteroatoms. The topological polar surface area (TPSA) is 52.5 Å². The Hall–Kier alpha value is -3.12. The molecule has 0 aliphatic carbocycles. The molecule has 104 valence electrons. The molecule has 4 aromatic rings. The van der Waals surface area contributed by atoms with Crippen LogP contribution in [-0.2, 0) is 0 Å². The fourth-order valence-corrected chi connectivity index (χ4v) is 2.85. The van der Waals surface area contributed by atoms with Gasteiger partial charge in [-0.3, -0.25) is 0 Å². The summed E-state index contributed by atoms with van der Waals surface area (Å²) in [5.41, 5.74) is 5.42. The lowest BCUT2D eigenvalue weighted by Gasteiger charge is -2.06. The summed E-state index contributed by atoms with van der Waals surface area (Å²) in [5, 5.41) is 11.6. The molecule has 0 aliphatic rings. The fourth-order valence-electron chi connectivity index (χ4n) is 2.85. The van der Waals surface area contributed by atoms with Crippen LogP contribution in [0.2, 0.25) is 0 Å².